The molecule has 0 spiro atoms. The molecule has 1 aromatic carbocycles. The lowest BCUT2D eigenvalue weighted by atomic mass is 9.98. The van der Waals surface area contributed by atoms with Crippen LogP contribution in [0.2, 0.25) is 0 Å². The van der Waals surface area contributed by atoms with Gasteiger partial charge < -0.3 is 20.1 Å². The van der Waals surface area contributed by atoms with Crippen molar-refractivity contribution in [3.05, 3.63) is 35.9 Å². The van der Waals surface area contributed by atoms with Gasteiger partial charge in [0.25, 0.3) is 0 Å². The lowest BCUT2D eigenvalue weighted by Crippen LogP contribution is -2.38. The fourth-order valence-electron chi connectivity index (χ4n) is 4.04. The quantitative estimate of drug-likeness (QED) is 0.545. The number of nitrogens with zero attached hydrogens (tertiary/aromatic N) is 1. The molecule has 4 unspecified atom stereocenters. The molecule has 1 heterocycles. The SMILES string of the molecule is CCC(C)CC(CC(=O)N1CCCC1CCC(=O)NCC(O)c1ccccc1)OC. The van der Waals surface area contributed by atoms with E-state index in [-0.39, 0.29) is 30.5 Å². The van der Waals surface area contributed by atoms with E-state index in [0.717, 1.165) is 37.8 Å². The summed E-state index contributed by atoms with van der Waals surface area (Å²) >= 11 is 0. The molecule has 30 heavy (non-hydrogen) atoms. The van der Waals surface area contributed by atoms with Gasteiger partial charge in [-0.05, 0) is 37.2 Å². The van der Waals surface area contributed by atoms with Crippen molar-refractivity contribution in [2.24, 2.45) is 5.92 Å². The zero-order valence-corrected chi connectivity index (χ0v) is 18.7. The highest BCUT2D eigenvalue weighted by Gasteiger charge is 2.30. The van der Waals surface area contributed by atoms with E-state index in [9.17, 15) is 14.7 Å². The Bertz CT molecular complexity index is 652. The molecule has 0 aliphatic carbocycles. The second-order valence-electron chi connectivity index (χ2n) is 8.46. The fraction of sp³-hybridized carbons (Fsp3) is 0.667. The number of aliphatic hydroxyl groups excluding tert-OH is 1. The molecule has 0 bridgehead atoms. The van der Waals surface area contributed by atoms with Gasteiger partial charge in [0.05, 0.1) is 18.6 Å². The van der Waals surface area contributed by atoms with Gasteiger partial charge in [0.1, 0.15) is 0 Å². The predicted molar refractivity (Wildman–Crippen MR) is 118 cm³/mol. The standard InChI is InChI=1S/C24H38N2O4/c1-4-18(2)15-21(30-3)16-24(29)26-14-8-11-20(26)12-13-23(28)25-17-22(27)19-9-6-5-7-10-19/h5-7,9-10,18,20-22,27H,4,8,11-17H2,1-3H3,(H,25,28). The summed E-state index contributed by atoms with van der Waals surface area (Å²) in [5, 5.41) is 13.0. The van der Waals surface area contributed by atoms with Crippen LogP contribution in [0.25, 0.3) is 0 Å². The molecule has 1 fully saturated rings. The molecule has 0 aromatic heterocycles. The summed E-state index contributed by atoms with van der Waals surface area (Å²) in [6.07, 6.45) is 4.55. The van der Waals surface area contributed by atoms with E-state index in [1.807, 2.05) is 35.2 Å². The van der Waals surface area contributed by atoms with Crippen molar-refractivity contribution in [3.8, 4) is 0 Å². The Morgan fingerprint density at radius 2 is 2.03 bits per heavy atom. The van der Waals surface area contributed by atoms with Crippen LogP contribution in [-0.4, -0.2) is 54.2 Å². The third kappa shape index (κ3) is 7.73. The number of nitrogens with one attached hydrogen (secondary N) is 1. The van der Waals surface area contributed by atoms with Crippen LogP contribution in [0.15, 0.2) is 30.3 Å². The average Bonchev–Trinajstić information content (AvgIpc) is 3.24. The lowest BCUT2D eigenvalue weighted by molar-refractivity contribution is -0.135. The second-order valence-corrected chi connectivity index (χ2v) is 8.46. The highest BCUT2D eigenvalue weighted by Crippen LogP contribution is 2.24. The zero-order valence-electron chi connectivity index (χ0n) is 18.7. The predicted octanol–water partition coefficient (Wildman–Crippen LogP) is 3.45. The van der Waals surface area contributed by atoms with Crippen molar-refractivity contribution in [1.29, 1.82) is 0 Å². The molecule has 4 atom stereocenters. The van der Waals surface area contributed by atoms with E-state index >= 15 is 0 Å². The summed E-state index contributed by atoms with van der Waals surface area (Å²) in [7, 11) is 1.68. The van der Waals surface area contributed by atoms with Crippen LogP contribution in [-0.2, 0) is 14.3 Å². The van der Waals surface area contributed by atoms with Crippen LogP contribution in [0.3, 0.4) is 0 Å². The number of benzene rings is 1. The largest absolute Gasteiger partial charge is 0.387 e. The van der Waals surface area contributed by atoms with Crippen LogP contribution in [0, 0.1) is 5.92 Å². The van der Waals surface area contributed by atoms with Gasteiger partial charge in [-0.3, -0.25) is 9.59 Å². The molecule has 2 N–H and O–H groups in total. The number of carbonyl (C=O) groups excluding carboxylic acids is 2. The number of likely N-dealkylation sites (tertiary alicyclic amines) is 1. The van der Waals surface area contributed by atoms with Gasteiger partial charge >= 0.3 is 0 Å². The molecular weight excluding hydrogens is 380 g/mol. The van der Waals surface area contributed by atoms with Gasteiger partial charge in [-0.25, -0.2) is 0 Å². The smallest absolute Gasteiger partial charge is 0.225 e. The lowest BCUT2D eigenvalue weighted by Gasteiger charge is -2.27. The third-order valence-electron chi connectivity index (χ3n) is 6.18. The molecule has 1 aliphatic rings. The van der Waals surface area contributed by atoms with E-state index in [1.165, 1.54) is 0 Å². The summed E-state index contributed by atoms with van der Waals surface area (Å²) < 4.78 is 5.54. The molecule has 0 saturated carbocycles. The minimum absolute atomic E-state index is 0.0449. The van der Waals surface area contributed by atoms with Crippen LogP contribution < -0.4 is 5.32 Å². The minimum atomic E-state index is -0.712. The highest BCUT2D eigenvalue weighted by molar-refractivity contribution is 5.78. The summed E-state index contributed by atoms with van der Waals surface area (Å²) in [5.74, 6) is 0.579. The third-order valence-corrected chi connectivity index (χ3v) is 6.18. The minimum Gasteiger partial charge on any atom is -0.387 e. The van der Waals surface area contributed by atoms with E-state index in [4.69, 9.17) is 4.74 Å². The normalized spacial score (nSPS) is 19.3. The van der Waals surface area contributed by atoms with E-state index in [0.29, 0.717) is 25.2 Å². The molecule has 2 amide bonds. The zero-order chi connectivity index (χ0) is 21.9. The number of carbonyl (C=O) groups is 2. The first kappa shape index (κ1) is 24.4. The summed E-state index contributed by atoms with van der Waals surface area (Å²) in [6, 6.07) is 9.42. The van der Waals surface area contributed by atoms with Gasteiger partial charge in [0.2, 0.25) is 11.8 Å². The maximum absolute atomic E-state index is 12.8. The van der Waals surface area contributed by atoms with Crippen molar-refractivity contribution in [3.63, 3.8) is 0 Å². The monoisotopic (exact) mass is 418 g/mol. The molecule has 2 rings (SSSR count). The van der Waals surface area contributed by atoms with E-state index < -0.39 is 6.10 Å². The molecule has 6 heteroatoms. The van der Waals surface area contributed by atoms with E-state index in [2.05, 4.69) is 19.2 Å². The second kappa shape index (κ2) is 12.7. The van der Waals surface area contributed by atoms with Crippen molar-refractivity contribution in [1.82, 2.24) is 10.2 Å². The Morgan fingerprint density at radius 1 is 1.30 bits per heavy atom. The maximum atomic E-state index is 12.8. The molecule has 1 saturated heterocycles. The number of aliphatic hydroxyl groups is 1. The summed E-state index contributed by atoms with van der Waals surface area (Å²) in [6.45, 7) is 5.29. The molecule has 0 radical (unpaired) electrons. The van der Waals surface area contributed by atoms with Crippen LogP contribution in [0.4, 0.5) is 0 Å². The average molecular weight is 419 g/mol. The fourth-order valence-corrected chi connectivity index (χ4v) is 4.04. The number of hydrogen-bond acceptors (Lipinski definition) is 4. The number of ether oxygens (including phenoxy) is 1. The molecular formula is C24H38N2O4. The van der Waals surface area contributed by atoms with Crippen LogP contribution >= 0.6 is 0 Å². The molecule has 1 aliphatic heterocycles. The Kier molecular flexibility index (Phi) is 10.3. The Hall–Kier alpha value is -1.92. The maximum Gasteiger partial charge on any atom is 0.225 e. The number of rotatable bonds is 12. The van der Waals surface area contributed by atoms with Gasteiger partial charge in [0.15, 0.2) is 0 Å². The number of methoxy groups -OCH3 is 1. The Balaban J connectivity index is 1.75. The van der Waals surface area contributed by atoms with Crippen molar-refractivity contribution >= 4 is 11.8 Å². The Morgan fingerprint density at radius 3 is 2.70 bits per heavy atom. The molecule has 168 valence electrons. The van der Waals surface area contributed by atoms with Crippen molar-refractivity contribution in [2.75, 3.05) is 20.2 Å². The first-order valence-corrected chi connectivity index (χ1v) is 11.3. The van der Waals surface area contributed by atoms with E-state index in [1.54, 1.807) is 7.11 Å². The van der Waals surface area contributed by atoms with Crippen LogP contribution in [0.5, 0.6) is 0 Å². The first-order valence-electron chi connectivity index (χ1n) is 11.3. The molecule has 6 nitrogen and oxygen atoms in total. The Labute approximate surface area is 181 Å². The highest BCUT2D eigenvalue weighted by atomic mass is 16.5. The van der Waals surface area contributed by atoms with Gasteiger partial charge in [0, 0.05) is 32.7 Å². The van der Waals surface area contributed by atoms with Crippen molar-refractivity contribution < 1.29 is 19.4 Å². The molecule has 1 aromatic rings. The number of amides is 2. The van der Waals surface area contributed by atoms with Gasteiger partial charge in [-0.1, -0.05) is 50.6 Å². The van der Waals surface area contributed by atoms with Gasteiger partial charge in [-0.2, -0.15) is 0 Å². The van der Waals surface area contributed by atoms with Crippen LogP contribution in [0.1, 0.15) is 70.5 Å². The number of hydrogen-bond donors (Lipinski definition) is 2. The topological polar surface area (TPSA) is 78.9 Å². The van der Waals surface area contributed by atoms with Crippen molar-refractivity contribution in [2.45, 2.75) is 77.0 Å². The van der Waals surface area contributed by atoms with Gasteiger partial charge in [-0.15, -0.1) is 0 Å². The summed E-state index contributed by atoms with van der Waals surface area (Å²) in [4.78, 5) is 27.0. The first-order chi connectivity index (χ1) is 14.4. The summed E-state index contributed by atoms with van der Waals surface area (Å²) in [5.41, 5.74) is 0.787.